The average Bonchev–Trinajstić information content (AvgIpc) is 3.85. The summed E-state index contributed by atoms with van der Waals surface area (Å²) in [5.74, 6) is 2.88. The maximum absolute atomic E-state index is 6.79. The van der Waals surface area contributed by atoms with Crippen LogP contribution in [-0.4, -0.2) is 0 Å². The largest absolute Gasteiger partial charge is 0.454 e. The minimum atomic E-state index is 0.406. The normalized spacial score (nSPS) is 24.9. The van der Waals surface area contributed by atoms with E-state index in [-0.39, 0.29) is 0 Å². The summed E-state index contributed by atoms with van der Waals surface area (Å²) in [5, 5.41) is 4.69. The molecule has 1 aromatic heterocycles. The lowest BCUT2D eigenvalue weighted by Crippen LogP contribution is -2.68. The summed E-state index contributed by atoms with van der Waals surface area (Å²) < 4.78 is 6.79. The van der Waals surface area contributed by atoms with Gasteiger partial charge in [0.15, 0.2) is 5.58 Å². The number of anilines is 6. The van der Waals surface area contributed by atoms with Crippen LogP contribution in [0, 0.1) is 23.2 Å². The molecule has 3 heteroatoms. The lowest BCUT2D eigenvalue weighted by molar-refractivity contribution is -0.198. The van der Waals surface area contributed by atoms with Crippen LogP contribution in [0.15, 0.2) is 168 Å². The summed E-state index contributed by atoms with van der Waals surface area (Å²) in [5.41, 5.74) is 10.9. The fourth-order valence-electron chi connectivity index (χ4n) is 12.1. The number of rotatable bonds is 7. The van der Waals surface area contributed by atoms with Crippen LogP contribution in [0.1, 0.15) is 37.7 Å². The molecule has 1 spiro atoms. The fourth-order valence-corrected chi connectivity index (χ4v) is 12.1. The number of hydrogen-bond acceptors (Lipinski definition) is 3. The van der Waals surface area contributed by atoms with Gasteiger partial charge in [0.05, 0.1) is 5.69 Å². The first-order valence-electron chi connectivity index (χ1n) is 19.4. The average molecular weight is 685 g/mol. The van der Waals surface area contributed by atoms with E-state index in [9.17, 15) is 0 Å². The van der Waals surface area contributed by atoms with Crippen molar-refractivity contribution in [1.29, 1.82) is 0 Å². The number of hydrogen-bond donors (Lipinski definition) is 0. The highest BCUT2D eigenvalue weighted by Gasteiger charge is 2.80. The van der Waals surface area contributed by atoms with E-state index in [2.05, 4.69) is 174 Å². The van der Waals surface area contributed by atoms with Crippen LogP contribution in [0.4, 0.5) is 34.1 Å². The quantitative estimate of drug-likeness (QED) is 0.167. The van der Waals surface area contributed by atoms with E-state index in [1.54, 1.807) is 5.56 Å². The van der Waals surface area contributed by atoms with E-state index in [0.717, 1.165) is 68.1 Å². The smallest absolute Gasteiger partial charge is 0.159 e. The van der Waals surface area contributed by atoms with Crippen molar-refractivity contribution in [1.82, 2.24) is 0 Å². The third-order valence-corrected chi connectivity index (χ3v) is 14.0. The van der Waals surface area contributed by atoms with Crippen molar-refractivity contribution in [3.05, 3.63) is 169 Å². The van der Waals surface area contributed by atoms with Crippen LogP contribution >= 0.6 is 0 Å². The molecule has 5 atom stereocenters. The van der Waals surface area contributed by atoms with Crippen LogP contribution in [0.2, 0.25) is 0 Å². The van der Waals surface area contributed by atoms with Crippen LogP contribution < -0.4 is 9.80 Å². The topological polar surface area (TPSA) is 19.6 Å². The minimum Gasteiger partial charge on any atom is -0.454 e. The molecule has 12 rings (SSSR count). The predicted molar refractivity (Wildman–Crippen MR) is 218 cm³/mol. The second-order valence-corrected chi connectivity index (χ2v) is 16.3. The Morgan fingerprint density at radius 3 is 1.91 bits per heavy atom. The Morgan fingerprint density at radius 2 is 1.15 bits per heavy atom. The van der Waals surface area contributed by atoms with Gasteiger partial charge in [-0.1, -0.05) is 97.1 Å². The summed E-state index contributed by atoms with van der Waals surface area (Å²) in [6.07, 6.45) is 7.26. The number of benzene rings is 7. The highest BCUT2D eigenvalue weighted by atomic mass is 16.3. The highest BCUT2D eigenvalue weighted by molar-refractivity contribution is 6.12. The van der Waals surface area contributed by atoms with Gasteiger partial charge in [-0.3, -0.25) is 0 Å². The van der Waals surface area contributed by atoms with E-state index >= 15 is 0 Å². The first kappa shape index (κ1) is 29.7. The van der Waals surface area contributed by atoms with E-state index in [1.807, 2.05) is 0 Å². The van der Waals surface area contributed by atoms with Crippen molar-refractivity contribution >= 4 is 66.8 Å². The Balaban J connectivity index is 1.08. The van der Waals surface area contributed by atoms with Gasteiger partial charge < -0.3 is 14.2 Å². The summed E-state index contributed by atoms with van der Waals surface area (Å²) in [6.45, 7) is 0. The monoisotopic (exact) mass is 684 g/mol. The molecule has 0 radical (unpaired) electrons. The first-order valence-corrected chi connectivity index (χ1v) is 19.4. The highest BCUT2D eigenvalue weighted by Crippen LogP contribution is 2.86. The zero-order chi connectivity index (χ0) is 34.7. The Labute approximate surface area is 310 Å². The van der Waals surface area contributed by atoms with E-state index in [0.29, 0.717) is 10.8 Å². The van der Waals surface area contributed by atoms with Crippen LogP contribution in [0.25, 0.3) is 32.7 Å². The zero-order valence-electron chi connectivity index (χ0n) is 29.7. The first-order chi connectivity index (χ1) is 26.2. The maximum Gasteiger partial charge on any atom is 0.159 e. The van der Waals surface area contributed by atoms with E-state index in [1.165, 1.54) is 48.6 Å². The molecule has 4 fully saturated rings. The van der Waals surface area contributed by atoms with Crippen LogP contribution in [0.3, 0.4) is 0 Å². The van der Waals surface area contributed by atoms with Gasteiger partial charge in [0.25, 0.3) is 0 Å². The minimum absolute atomic E-state index is 0.406. The van der Waals surface area contributed by atoms with Gasteiger partial charge in [-0.25, -0.2) is 0 Å². The van der Waals surface area contributed by atoms with Crippen molar-refractivity contribution in [2.24, 2.45) is 23.2 Å². The summed E-state index contributed by atoms with van der Waals surface area (Å²) in [6, 6.07) is 59.8. The van der Waals surface area contributed by atoms with E-state index in [4.69, 9.17) is 4.42 Å². The molecule has 4 aliphatic carbocycles. The van der Waals surface area contributed by atoms with Gasteiger partial charge in [-0.15, -0.1) is 0 Å². The Hall–Kier alpha value is -5.80. The lowest BCUT2D eigenvalue weighted by atomic mass is 9.31. The molecule has 0 aliphatic heterocycles. The Bertz CT molecular complexity index is 2660. The van der Waals surface area contributed by atoms with Gasteiger partial charge in [-0.2, -0.15) is 0 Å². The second kappa shape index (κ2) is 10.9. The third kappa shape index (κ3) is 4.05. The van der Waals surface area contributed by atoms with Gasteiger partial charge >= 0.3 is 0 Å². The molecule has 5 unspecified atom stereocenters. The number of furan rings is 1. The van der Waals surface area contributed by atoms with Crippen LogP contribution in [0.5, 0.6) is 0 Å². The summed E-state index contributed by atoms with van der Waals surface area (Å²) in [7, 11) is 0. The summed E-state index contributed by atoms with van der Waals surface area (Å²) >= 11 is 0. The molecule has 4 aliphatic rings. The number of para-hydroxylation sites is 3. The molecule has 0 amide bonds. The molecule has 4 saturated carbocycles. The lowest BCUT2D eigenvalue weighted by Gasteiger charge is -2.73. The number of fused-ring (bicyclic) bond motifs is 5. The third-order valence-electron chi connectivity index (χ3n) is 14.0. The van der Waals surface area contributed by atoms with Gasteiger partial charge in [-0.05, 0) is 138 Å². The van der Waals surface area contributed by atoms with E-state index < -0.39 is 0 Å². The standard InChI is InChI=1S/C50H40N2O/c1-3-13-39(14-4-1)52(40-15-5-2-6-16-40)46-29-43(28-45-44-17-9-10-18-47(44)53-48(45)46)51(42-22-19-34-11-7-8-12-35(34)26-42)41-23-20-36(21-24-41)49-30-33-25-37-27-38(32-49)50(37,49)31-33/h1-24,26,28-29,33,37-38H,25,27,30-32H2. The van der Waals surface area contributed by atoms with Crippen LogP contribution in [-0.2, 0) is 5.41 Å². The molecule has 0 N–H and O–H groups in total. The molecular weight excluding hydrogens is 645 g/mol. The molecule has 8 aromatic rings. The second-order valence-electron chi connectivity index (χ2n) is 16.3. The SMILES string of the molecule is c1ccc(N(c2ccccc2)c2cc(N(c3ccc(C45CC6CC7CC(C4)C75C6)cc3)c3ccc4ccccc4c3)cc3c2oc2ccccc23)cc1. The van der Waals surface area contributed by atoms with Crippen molar-refractivity contribution in [2.45, 2.75) is 37.5 Å². The van der Waals surface area contributed by atoms with Gasteiger partial charge in [0.1, 0.15) is 5.58 Å². The molecule has 3 nitrogen and oxygen atoms in total. The molecule has 7 aromatic carbocycles. The van der Waals surface area contributed by atoms with Crippen molar-refractivity contribution in [3.63, 3.8) is 0 Å². The maximum atomic E-state index is 6.79. The molecule has 1 heterocycles. The van der Waals surface area contributed by atoms with Gasteiger partial charge in [0.2, 0.25) is 0 Å². The fraction of sp³-hybridized carbons (Fsp3) is 0.200. The number of nitrogens with zero attached hydrogens (tertiary/aromatic N) is 2. The Kier molecular flexibility index (Phi) is 6.10. The molecular formula is C50H40N2O. The molecule has 256 valence electrons. The zero-order valence-corrected chi connectivity index (χ0v) is 29.7. The molecule has 53 heavy (non-hydrogen) atoms. The summed E-state index contributed by atoms with van der Waals surface area (Å²) in [4.78, 5) is 4.80. The van der Waals surface area contributed by atoms with Crippen molar-refractivity contribution < 1.29 is 4.42 Å². The molecule has 2 bridgehead atoms. The Morgan fingerprint density at radius 1 is 0.472 bits per heavy atom. The predicted octanol–water partition coefficient (Wildman–Crippen LogP) is 13.8. The van der Waals surface area contributed by atoms with Crippen molar-refractivity contribution in [2.75, 3.05) is 9.80 Å². The van der Waals surface area contributed by atoms with Crippen molar-refractivity contribution in [3.8, 4) is 0 Å². The van der Waals surface area contributed by atoms with Gasteiger partial charge in [0, 0.05) is 44.6 Å². The molecule has 0 saturated heterocycles.